The Kier molecular flexibility index (Phi) is 5.32. The number of alkyl halides is 3. The van der Waals surface area contributed by atoms with E-state index in [4.69, 9.17) is 4.42 Å². The van der Waals surface area contributed by atoms with Crippen LogP contribution >= 0.6 is 0 Å². The fourth-order valence-corrected chi connectivity index (χ4v) is 3.73. The van der Waals surface area contributed by atoms with Crippen LogP contribution in [0.4, 0.5) is 24.8 Å². The van der Waals surface area contributed by atoms with Gasteiger partial charge in [-0.1, -0.05) is 0 Å². The maximum Gasteiger partial charge on any atom is 0.470 e. The molecule has 1 saturated carbocycles. The topological polar surface area (TPSA) is 74.4 Å². The van der Waals surface area contributed by atoms with Gasteiger partial charge in [-0.15, -0.1) is 10.2 Å². The van der Waals surface area contributed by atoms with Gasteiger partial charge < -0.3 is 14.2 Å². The molecule has 1 aliphatic carbocycles. The van der Waals surface area contributed by atoms with E-state index in [0.717, 1.165) is 50.4 Å². The van der Waals surface area contributed by atoms with E-state index in [0.29, 0.717) is 12.1 Å². The van der Waals surface area contributed by atoms with E-state index < -0.39 is 12.1 Å². The lowest BCUT2D eigenvalue weighted by molar-refractivity contribution is -0.157. The average molecular weight is 411 g/mol. The maximum absolute atomic E-state index is 12.6. The third-order valence-electron chi connectivity index (χ3n) is 5.32. The molecule has 2 aliphatic rings. The quantitative estimate of drug-likeness (QED) is 0.718. The highest BCUT2D eigenvalue weighted by atomic mass is 19.4. The van der Waals surface area contributed by atoms with E-state index in [1.54, 1.807) is 6.33 Å². The summed E-state index contributed by atoms with van der Waals surface area (Å²) in [4.78, 5) is 15.2. The van der Waals surface area contributed by atoms with Crippen LogP contribution in [0.2, 0.25) is 0 Å². The van der Waals surface area contributed by atoms with E-state index in [1.807, 2.05) is 25.1 Å². The minimum absolute atomic E-state index is 0.00116. The van der Waals surface area contributed by atoms with Crippen molar-refractivity contribution in [2.24, 2.45) is 0 Å². The van der Waals surface area contributed by atoms with Crippen LogP contribution in [0.1, 0.15) is 37.5 Å². The molecule has 0 radical (unpaired) electrons. The van der Waals surface area contributed by atoms with E-state index in [-0.39, 0.29) is 12.4 Å². The standard InChI is InChI=1S/C18H24F3N7O/c1-26(2)14-9-15(23-11-22-14)28(12-3-4-12)13-5-7-27(8-6-13)10-16-24-25-17(29-16)18(19,20)21/h9,11-13H,3-8,10H2,1-2H3. The molecule has 3 heterocycles. The summed E-state index contributed by atoms with van der Waals surface area (Å²) in [5, 5.41) is 6.63. The summed E-state index contributed by atoms with van der Waals surface area (Å²) in [6, 6.07) is 2.86. The number of hydrogen-bond donors (Lipinski definition) is 0. The Morgan fingerprint density at radius 1 is 1.03 bits per heavy atom. The molecule has 2 fully saturated rings. The second kappa shape index (κ2) is 7.77. The van der Waals surface area contributed by atoms with Gasteiger partial charge in [0.15, 0.2) is 0 Å². The Bertz CT molecular complexity index is 829. The Morgan fingerprint density at radius 3 is 2.28 bits per heavy atom. The largest absolute Gasteiger partial charge is 0.470 e. The maximum atomic E-state index is 12.6. The number of halogens is 3. The minimum Gasteiger partial charge on any atom is -0.416 e. The third-order valence-corrected chi connectivity index (χ3v) is 5.32. The van der Waals surface area contributed by atoms with Crippen LogP contribution in [0.5, 0.6) is 0 Å². The second-order valence-electron chi connectivity index (χ2n) is 7.77. The number of nitrogens with zero attached hydrogens (tertiary/aromatic N) is 7. The highest BCUT2D eigenvalue weighted by Crippen LogP contribution is 2.36. The van der Waals surface area contributed by atoms with E-state index in [2.05, 4.69) is 30.0 Å². The van der Waals surface area contributed by atoms with Gasteiger partial charge in [-0.2, -0.15) is 13.2 Å². The number of aromatic nitrogens is 4. The molecule has 0 amide bonds. The molecule has 2 aromatic rings. The Morgan fingerprint density at radius 2 is 1.69 bits per heavy atom. The van der Waals surface area contributed by atoms with E-state index in [1.165, 1.54) is 0 Å². The molecule has 0 N–H and O–H groups in total. The molecule has 1 aliphatic heterocycles. The molecule has 0 atom stereocenters. The summed E-state index contributed by atoms with van der Waals surface area (Å²) in [5.41, 5.74) is 0. The zero-order valence-corrected chi connectivity index (χ0v) is 16.4. The van der Waals surface area contributed by atoms with Crippen LogP contribution in [0.25, 0.3) is 0 Å². The van der Waals surface area contributed by atoms with Crippen LogP contribution in [-0.2, 0) is 12.7 Å². The fourth-order valence-electron chi connectivity index (χ4n) is 3.73. The molecule has 158 valence electrons. The van der Waals surface area contributed by atoms with Gasteiger partial charge in [0.1, 0.15) is 18.0 Å². The zero-order chi connectivity index (χ0) is 20.6. The van der Waals surface area contributed by atoms with E-state index in [9.17, 15) is 13.2 Å². The first-order valence-electron chi connectivity index (χ1n) is 9.71. The first kappa shape index (κ1) is 19.9. The molecule has 0 aromatic carbocycles. The van der Waals surface area contributed by atoms with Crippen LogP contribution < -0.4 is 9.80 Å². The number of likely N-dealkylation sites (tertiary alicyclic amines) is 1. The smallest absolute Gasteiger partial charge is 0.416 e. The number of rotatable bonds is 6. The predicted octanol–water partition coefficient (Wildman–Crippen LogP) is 2.58. The van der Waals surface area contributed by atoms with Crippen molar-refractivity contribution in [3.63, 3.8) is 0 Å². The molecular formula is C18H24F3N7O. The highest BCUT2D eigenvalue weighted by molar-refractivity contribution is 5.51. The number of hydrogen-bond acceptors (Lipinski definition) is 8. The van der Waals surface area contributed by atoms with Gasteiger partial charge in [0.25, 0.3) is 0 Å². The fraction of sp³-hybridized carbons (Fsp3) is 0.667. The number of anilines is 2. The summed E-state index contributed by atoms with van der Waals surface area (Å²) in [6.07, 6.45) is 1.11. The first-order valence-corrected chi connectivity index (χ1v) is 9.71. The lowest BCUT2D eigenvalue weighted by Crippen LogP contribution is -2.46. The Balaban J connectivity index is 1.39. The van der Waals surface area contributed by atoms with Crippen LogP contribution in [0.3, 0.4) is 0 Å². The average Bonchev–Trinajstić information content (AvgIpc) is 3.39. The molecule has 0 bridgehead atoms. The Hall–Kier alpha value is -2.43. The van der Waals surface area contributed by atoms with Gasteiger partial charge in [-0.3, -0.25) is 4.90 Å². The molecule has 0 unspecified atom stereocenters. The van der Waals surface area contributed by atoms with Gasteiger partial charge in [0.05, 0.1) is 6.54 Å². The van der Waals surface area contributed by atoms with E-state index >= 15 is 0 Å². The summed E-state index contributed by atoms with van der Waals surface area (Å²) in [7, 11) is 3.90. The van der Waals surface area contributed by atoms with Gasteiger partial charge in [-0.05, 0) is 25.7 Å². The van der Waals surface area contributed by atoms with Crippen molar-refractivity contribution in [1.29, 1.82) is 0 Å². The summed E-state index contributed by atoms with van der Waals surface area (Å²) in [6.45, 7) is 1.74. The van der Waals surface area contributed by atoms with Crippen molar-refractivity contribution in [2.45, 2.75) is 50.5 Å². The molecule has 4 rings (SSSR count). The van der Waals surface area contributed by atoms with Crippen molar-refractivity contribution in [3.05, 3.63) is 24.2 Å². The summed E-state index contributed by atoms with van der Waals surface area (Å²) in [5.74, 6) is 0.523. The van der Waals surface area contributed by atoms with Crippen molar-refractivity contribution >= 4 is 11.6 Å². The summed E-state index contributed by atoms with van der Waals surface area (Å²) >= 11 is 0. The van der Waals surface area contributed by atoms with Crippen molar-refractivity contribution < 1.29 is 17.6 Å². The van der Waals surface area contributed by atoms with Crippen molar-refractivity contribution in [1.82, 2.24) is 25.1 Å². The van der Waals surface area contributed by atoms with Gasteiger partial charge >= 0.3 is 12.1 Å². The van der Waals surface area contributed by atoms with Crippen molar-refractivity contribution in [2.75, 3.05) is 37.0 Å². The molecule has 0 spiro atoms. The lowest BCUT2D eigenvalue weighted by Gasteiger charge is -2.39. The number of piperidine rings is 1. The normalized spacial score (nSPS) is 18.8. The zero-order valence-electron chi connectivity index (χ0n) is 16.4. The monoisotopic (exact) mass is 411 g/mol. The van der Waals surface area contributed by atoms with Gasteiger partial charge in [0.2, 0.25) is 5.89 Å². The Labute approximate surface area is 166 Å². The second-order valence-corrected chi connectivity index (χ2v) is 7.77. The molecule has 8 nitrogen and oxygen atoms in total. The van der Waals surface area contributed by atoms with Gasteiger partial charge in [-0.25, -0.2) is 9.97 Å². The first-order chi connectivity index (χ1) is 13.8. The molecule has 29 heavy (non-hydrogen) atoms. The minimum atomic E-state index is -4.61. The molecular weight excluding hydrogens is 387 g/mol. The molecule has 11 heteroatoms. The molecule has 2 aromatic heterocycles. The molecule has 1 saturated heterocycles. The van der Waals surface area contributed by atoms with Crippen LogP contribution in [0, 0.1) is 0 Å². The SMILES string of the molecule is CN(C)c1cc(N(C2CC2)C2CCN(Cc3nnc(C(F)(F)F)o3)CC2)ncn1. The van der Waals surface area contributed by atoms with Crippen LogP contribution in [-0.4, -0.2) is 64.3 Å². The van der Waals surface area contributed by atoms with Crippen LogP contribution in [0.15, 0.2) is 16.8 Å². The third kappa shape index (κ3) is 4.60. The lowest BCUT2D eigenvalue weighted by atomic mass is 10.0. The van der Waals surface area contributed by atoms with Gasteiger partial charge in [0, 0.05) is 45.3 Å². The highest BCUT2D eigenvalue weighted by Gasteiger charge is 2.39. The van der Waals surface area contributed by atoms with Crippen molar-refractivity contribution in [3.8, 4) is 0 Å². The summed E-state index contributed by atoms with van der Waals surface area (Å²) < 4.78 is 42.6. The predicted molar refractivity (Wildman–Crippen MR) is 99.5 cm³/mol.